The van der Waals surface area contributed by atoms with Crippen LogP contribution in [0.5, 0.6) is 0 Å². The summed E-state index contributed by atoms with van der Waals surface area (Å²) in [5.41, 5.74) is 7.21. The summed E-state index contributed by atoms with van der Waals surface area (Å²) in [6.45, 7) is 8.45. The van der Waals surface area contributed by atoms with Crippen LogP contribution in [0.1, 0.15) is 58.8 Å². The molecule has 0 radical (unpaired) electrons. The number of piperidine rings is 1. The minimum absolute atomic E-state index is 0.153. The molecule has 2 aliphatic rings. The zero-order valence-corrected chi connectivity index (χ0v) is 11.1. The van der Waals surface area contributed by atoms with Crippen molar-refractivity contribution in [3.05, 3.63) is 0 Å². The van der Waals surface area contributed by atoms with E-state index in [1.807, 2.05) is 0 Å². The molecule has 0 aromatic heterocycles. The van der Waals surface area contributed by atoms with Crippen LogP contribution in [0.3, 0.4) is 0 Å². The van der Waals surface area contributed by atoms with Crippen molar-refractivity contribution in [2.75, 3.05) is 19.6 Å². The summed E-state index contributed by atoms with van der Waals surface area (Å²) < 4.78 is 0. The van der Waals surface area contributed by atoms with E-state index in [1.165, 1.54) is 58.0 Å². The van der Waals surface area contributed by atoms with E-state index in [4.69, 9.17) is 5.73 Å². The van der Waals surface area contributed by atoms with Crippen LogP contribution < -0.4 is 5.73 Å². The Balaban J connectivity index is 1.81. The quantitative estimate of drug-likeness (QED) is 0.798. The lowest BCUT2D eigenvalue weighted by Crippen LogP contribution is -2.51. The predicted molar refractivity (Wildman–Crippen MR) is 69.5 cm³/mol. The van der Waals surface area contributed by atoms with Gasteiger partial charge in [-0.15, -0.1) is 0 Å². The van der Waals surface area contributed by atoms with Crippen LogP contribution in [-0.4, -0.2) is 30.1 Å². The molecule has 0 aromatic carbocycles. The van der Waals surface area contributed by atoms with Crippen molar-refractivity contribution in [3.63, 3.8) is 0 Å². The molecule has 1 heterocycles. The maximum Gasteiger partial charge on any atom is 0.0283 e. The zero-order chi connectivity index (χ0) is 11.6. The summed E-state index contributed by atoms with van der Waals surface area (Å²) in [5, 5.41) is 0. The summed E-state index contributed by atoms with van der Waals surface area (Å²) in [5.74, 6) is 0. The van der Waals surface area contributed by atoms with Gasteiger partial charge >= 0.3 is 0 Å². The minimum atomic E-state index is 0.153. The van der Waals surface area contributed by atoms with E-state index in [0.717, 1.165) is 6.54 Å². The van der Waals surface area contributed by atoms with E-state index in [1.54, 1.807) is 0 Å². The summed E-state index contributed by atoms with van der Waals surface area (Å²) in [6, 6.07) is 0. The number of hydrogen-bond acceptors (Lipinski definition) is 2. The monoisotopic (exact) mass is 224 g/mol. The van der Waals surface area contributed by atoms with Gasteiger partial charge in [0.1, 0.15) is 0 Å². The first-order valence-electron chi connectivity index (χ1n) is 7.07. The molecule has 16 heavy (non-hydrogen) atoms. The van der Waals surface area contributed by atoms with Gasteiger partial charge in [0.05, 0.1) is 0 Å². The third-order valence-corrected chi connectivity index (χ3v) is 5.05. The topological polar surface area (TPSA) is 29.3 Å². The molecule has 0 atom stereocenters. The lowest BCUT2D eigenvalue weighted by Gasteiger charge is -2.41. The fourth-order valence-electron chi connectivity index (χ4n) is 3.29. The van der Waals surface area contributed by atoms with E-state index in [0.29, 0.717) is 5.41 Å². The van der Waals surface area contributed by atoms with Gasteiger partial charge in [-0.1, -0.05) is 33.1 Å². The minimum Gasteiger partial charge on any atom is -0.324 e. The summed E-state index contributed by atoms with van der Waals surface area (Å²) in [7, 11) is 0. The van der Waals surface area contributed by atoms with Gasteiger partial charge in [-0.25, -0.2) is 0 Å². The largest absolute Gasteiger partial charge is 0.324 e. The van der Waals surface area contributed by atoms with E-state index < -0.39 is 0 Å². The van der Waals surface area contributed by atoms with Crippen molar-refractivity contribution < 1.29 is 0 Å². The molecule has 2 heteroatoms. The van der Waals surface area contributed by atoms with Crippen molar-refractivity contribution >= 4 is 0 Å². The Morgan fingerprint density at radius 3 is 2.12 bits per heavy atom. The smallest absolute Gasteiger partial charge is 0.0283 e. The van der Waals surface area contributed by atoms with Crippen molar-refractivity contribution in [1.29, 1.82) is 0 Å². The Bertz CT molecular complexity index is 223. The number of rotatable bonds is 3. The molecule has 2 rings (SSSR count). The Labute approximate surface area is 101 Å². The fourth-order valence-corrected chi connectivity index (χ4v) is 3.29. The second-order valence-corrected chi connectivity index (χ2v) is 6.51. The Hall–Kier alpha value is -0.0800. The number of nitrogens with two attached hydrogens (primary N) is 1. The molecule has 1 saturated heterocycles. The standard InChI is InChI=1S/C14H28N2/c1-3-13(2)8-10-16(11-9-13)12-14(15)6-4-5-7-14/h3-12,15H2,1-2H3. The van der Waals surface area contributed by atoms with E-state index in [-0.39, 0.29) is 5.54 Å². The molecule has 0 spiro atoms. The highest BCUT2D eigenvalue weighted by molar-refractivity contribution is 4.93. The van der Waals surface area contributed by atoms with Gasteiger partial charge in [0.2, 0.25) is 0 Å². The van der Waals surface area contributed by atoms with Gasteiger partial charge in [0.15, 0.2) is 0 Å². The number of hydrogen-bond donors (Lipinski definition) is 1. The predicted octanol–water partition coefficient (Wildman–Crippen LogP) is 2.77. The number of likely N-dealkylation sites (tertiary alicyclic amines) is 1. The zero-order valence-electron chi connectivity index (χ0n) is 11.1. The molecule has 0 bridgehead atoms. The molecule has 0 amide bonds. The summed E-state index contributed by atoms with van der Waals surface area (Å²) in [4.78, 5) is 2.61. The molecule has 1 aliphatic carbocycles. The molecule has 1 saturated carbocycles. The SMILES string of the molecule is CCC1(C)CCN(CC2(N)CCCC2)CC1. The van der Waals surface area contributed by atoms with Gasteiger partial charge in [-0.05, 0) is 44.2 Å². The van der Waals surface area contributed by atoms with E-state index in [2.05, 4.69) is 18.7 Å². The molecule has 94 valence electrons. The third-order valence-electron chi connectivity index (χ3n) is 5.05. The second kappa shape index (κ2) is 4.66. The van der Waals surface area contributed by atoms with E-state index in [9.17, 15) is 0 Å². The van der Waals surface area contributed by atoms with Gasteiger partial charge in [0.25, 0.3) is 0 Å². The summed E-state index contributed by atoms with van der Waals surface area (Å²) >= 11 is 0. The lowest BCUT2D eigenvalue weighted by molar-refractivity contribution is 0.0953. The molecule has 2 nitrogen and oxygen atoms in total. The Morgan fingerprint density at radius 1 is 1.06 bits per heavy atom. The van der Waals surface area contributed by atoms with E-state index >= 15 is 0 Å². The van der Waals surface area contributed by atoms with Gasteiger partial charge in [-0.3, -0.25) is 0 Å². The molecule has 2 fully saturated rings. The first-order chi connectivity index (χ1) is 7.55. The Kier molecular flexibility index (Phi) is 3.60. The average Bonchev–Trinajstić information content (AvgIpc) is 2.69. The lowest BCUT2D eigenvalue weighted by atomic mass is 9.78. The van der Waals surface area contributed by atoms with Gasteiger partial charge < -0.3 is 10.6 Å². The van der Waals surface area contributed by atoms with Crippen LogP contribution in [0.25, 0.3) is 0 Å². The highest BCUT2D eigenvalue weighted by Crippen LogP contribution is 2.35. The second-order valence-electron chi connectivity index (χ2n) is 6.51. The highest BCUT2D eigenvalue weighted by atomic mass is 15.2. The fraction of sp³-hybridized carbons (Fsp3) is 1.00. The Morgan fingerprint density at radius 2 is 1.62 bits per heavy atom. The molecule has 2 N–H and O–H groups in total. The first kappa shape index (κ1) is 12.4. The first-order valence-corrected chi connectivity index (χ1v) is 7.07. The third kappa shape index (κ3) is 2.78. The molecular weight excluding hydrogens is 196 g/mol. The average molecular weight is 224 g/mol. The van der Waals surface area contributed by atoms with Crippen LogP contribution in [0.4, 0.5) is 0 Å². The normalized spacial score (nSPS) is 29.4. The molecule has 0 unspecified atom stereocenters. The molecule has 1 aliphatic heterocycles. The van der Waals surface area contributed by atoms with Crippen molar-refractivity contribution in [3.8, 4) is 0 Å². The molecular formula is C14H28N2. The van der Waals surface area contributed by atoms with Crippen molar-refractivity contribution in [1.82, 2.24) is 4.90 Å². The van der Waals surface area contributed by atoms with Gasteiger partial charge in [0, 0.05) is 12.1 Å². The summed E-state index contributed by atoms with van der Waals surface area (Å²) in [6.07, 6.45) is 9.23. The van der Waals surface area contributed by atoms with Crippen molar-refractivity contribution in [2.24, 2.45) is 11.1 Å². The van der Waals surface area contributed by atoms with Crippen LogP contribution in [0, 0.1) is 5.41 Å². The van der Waals surface area contributed by atoms with Crippen LogP contribution >= 0.6 is 0 Å². The van der Waals surface area contributed by atoms with Crippen LogP contribution in [0.15, 0.2) is 0 Å². The maximum absolute atomic E-state index is 6.45. The maximum atomic E-state index is 6.45. The number of nitrogens with zero attached hydrogens (tertiary/aromatic N) is 1. The van der Waals surface area contributed by atoms with Crippen LogP contribution in [-0.2, 0) is 0 Å². The highest BCUT2D eigenvalue weighted by Gasteiger charge is 2.34. The van der Waals surface area contributed by atoms with Crippen molar-refractivity contribution in [2.45, 2.75) is 64.3 Å². The van der Waals surface area contributed by atoms with Crippen LogP contribution in [0.2, 0.25) is 0 Å². The van der Waals surface area contributed by atoms with Gasteiger partial charge in [-0.2, -0.15) is 0 Å². The molecule has 0 aromatic rings.